The van der Waals surface area contributed by atoms with Gasteiger partial charge in [0.15, 0.2) is 0 Å². The van der Waals surface area contributed by atoms with E-state index in [4.69, 9.17) is 5.73 Å². The van der Waals surface area contributed by atoms with Crippen molar-refractivity contribution in [3.63, 3.8) is 0 Å². The summed E-state index contributed by atoms with van der Waals surface area (Å²) in [7, 11) is 0. The molecule has 13 heavy (non-hydrogen) atoms. The molecule has 1 aliphatic heterocycles. The van der Waals surface area contributed by atoms with Gasteiger partial charge in [0, 0.05) is 12.2 Å². The van der Waals surface area contributed by atoms with Crippen LogP contribution in [0, 0.1) is 0 Å². The highest BCUT2D eigenvalue weighted by atomic mass is 14.9. The van der Waals surface area contributed by atoms with Crippen LogP contribution in [0.3, 0.4) is 0 Å². The molecule has 2 heterocycles. The van der Waals surface area contributed by atoms with Gasteiger partial charge in [0.25, 0.3) is 0 Å². The maximum absolute atomic E-state index is 5.63. The van der Waals surface area contributed by atoms with Gasteiger partial charge < -0.3 is 11.1 Å². The predicted octanol–water partition coefficient (Wildman–Crippen LogP) is 1.48. The minimum atomic E-state index is 0.485. The zero-order chi connectivity index (χ0) is 9.10. The van der Waals surface area contributed by atoms with Crippen LogP contribution in [-0.2, 0) is 0 Å². The number of rotatable bonds is 1. The SMILES string of the molecule is Nc1cc([C@@H]2CCCCN2)ccn1. The molecule has 1 saturated heterocycles. The molecule has 3 heteroatoms. The lowest BCUT2D eigenvalue weighted by molar-refractivity contribution is 0.412. The van der Waals surface area contributed by atoms with Crippen LogP contribution in [0.4, 0.5) is 5.82 Å². The Bertz CT molecular complexity index is 279. The summed E-state index contributed by atoms with van der Waals surface area (Å²) in [4.78, 5) is 3.98. The highest BCUT2D eigenvalue weighted by molar-refractivity contribution is 5.33. The van der Waals surface area contributed by atoms with Gasteiger partial charge in [0.2, 0.25) is 0 Å². The van der Waals surface area contributed by atoms with Gasteiger partial charge in [-0.15, -0.1) is 0 Å². The van der Waals surface area contributed by atoms with Gasteiger partial charge in [-0.2, -0.15) is 0 Å². The van der Waals surface area contributed by atoms with E-state index in [1.807, 2.05) is 12.1 Å². The molecule has 0 radical (unpaired) electrons. The molecule has 0 amide bonds. The fourth-order valence-electron chi connectivity index (χ4n) is 1.82. The molecule has 1 aliphatic rings. The van der Waals surface area contributed by atoms with Crippen molar-refractivity contribution in [1.82, 2.24) is 10.3 Å². The number of anilines is 1. The molecule has 2 rings (SSSR count). The molecule has 1 aromatic rings. The molecular formula is C10H15N3. The molecule has 1 atom stereocenters. The Hall–Kier alpha value is -1.09. The van der Waals surface area contributed by atoms with E-state index >= 15 is 0 Å². The van der Waals surface area contributed by atoms with Crippen molar-refractivity contribution in [3.8, 4) is 0 Å². The number of pyridine rings is 1. The minimum absolute atomic E-state index is 0.485. The molecule has 1 fully saturated rings. The van der Waals surface area contributed by atoms with Crippen molar-refractivity contribution in [2.45, 2.75) is 25.3 Å². The maximum atomic E-state index is 5.63. The summed E-state index contributed by atoms with van der Waals surface area (Å²) in [6.45, 7) is 1.12. The zero-order valence-electron chi connectivity index (χ0n) is 7.66. The maximum Gasteiger partial charge on any atom is 0.123 e. The Labute approximate surface area is 78.4 Å². The predicted molar refractivity (Wildman–Crippen MR) is 53.2 cm³/mol. The number of hydrogen-bond acceptors (Lipinski definition) is 3. The molecule has 0 bridgehead atoms. The molecule has 0 aliphatic carbocycles. The Balaban J connectivity index is 2.14. The lowest BCUT2D eigenvalue weighted by atomic mass is 9.98. The number of hydrogen-bond donors (Lipinski definition) is 2. The average molecular weight is 177 g/mol. The van der Waals surface area contributed by atoms with Crippen molar-refractivity contribution in [3.05, 3.63) is 23.9 Å². The van der Waals surface area contributed by atoms with Crippen LogP contribution in [0.5, 0.6) is 0 Å². The van der Waals surface area contributed by atoms with Crippen molar-refractivity contribution < 1.29 is 0 Å². The number of nitrogens with zero attached hydrogens (tertiary/aromatic N) is 1. The highest BCUT2D eigenvalue weighted by Gasteiger charge is 2.14. The first-order valence-corrected chi connectivity index (χ1v) is 4.81. The van der Waals surface area contributed by atoms with Gasteiger partial charge in [-0.3, -0.25) is 0 Å². The summed E-state index contributed by atoms with van der Waals surface area (Å²) in [5.74, 6) is 0.616. The minimum Gasteiger partial charge on any atom is -0.384 e. The summed E-state index contributed by atoms with van der Waals surface area (Å²) in [6, 6.07) is 4.49. The molecule has 3 nitrogen and oxygen atoms in total. The smallest absolute Gasteiger partial charge is 0.123 e. The third-order valence-electron chi connectivity index (χ3n) is 2.52. The molecule has 0 aromatic carbocycles. The van der Waals surface area contributed by atoms with E-state index in [9.17, 15) is 0 Å². The lowest BCUT2D eigenvalue weighted by Gasteiger charge is -2.23. The molecule has 1 aromatic heterocycles. The number of nitrogen functional groups attached to an aromatic ring is 1. The van der Waals surface area contributed by atoms with E-state index in [-0.39, 0.29) is 0 Å². The Morgan fingerprint density at radius 1 is 1.46 bits per heavy atom. The second kappa shape index (κ2) is 3.75. The van der Waals surface area contributed by atoms with Crippen molar-refractivity contribution in [2.24, 2.45) is 0 Å². The van der Waals surface area contributed by atoms with E-state index in [0.717, 1.165) is 6.54 Å². The summed E-state index contributed by atoms with van der Waals surface area (Å²) in [6.07, 6.45) is 5.58. The van der Waals surface area contributed by atoms with Gasteiger partial charge in [-0.25, -0.2) is 4.98 Å². The van der Waals surface area contributed by atoms with Gasteiger partial charge in [0.05, 0.1) is 0 Å². The molecule has 0 saturated carbocycles. The van der Waals surface area contributed by atoms with Crippen LogP contribution < -0.4 is 11.1 Å². The molecule has 3 N–H and O–H groups in total. The lowest BCUT2D eigenvalue weighted by Crippen LogP contribution is -2.26. The molecule has 70 valence electrons. The topological polar surface area (TPSA) is 50.9 Å². The molecule has 0 unspecified atom stereocenters. The van der Waals surface area contributed by atoms with E-state index in [1.54, 1.807) is 6.20 Å². The first kappa shape index (κ1) is 8.51. The zero-order valence-corrected chi connectivity index (χ0v) is 7.66. The van der Waals surface area contributed by atoms with Gasteiger partial charge in [-0.05, 0) is 37.1 Å². The van der Waals surface area contributed by atoms with Gasteiger partial charge in [0.1, 0.15) is 5.82 Å². The van der Waals surface area contributed by atoms with Crippen LogP contribution in [0.25, 0.3) is 0 Å². The first-order valence-electron chi connectivity index (χ1n) is 4.81. The monoisotopic (exact) mass is 177 g/mol. The number of aromatic nitrogens is 1. The van der Waals surface area contributed by atoms with E-state index in [1.165, 1.54) is 24.8 Å². The van der Waals surface area contributed by atoms with E-state index in [0.29, 0.717) is 11.9 Å². The Morgan fingerprint density at radius 3 is 3.08 bits per heavy atom. The summed E-state index contributed by atoms with van der Waals surface area (Å²) in [5, 5.41) is 3.48. The van der Waals surface area contributed by atoms with Crippen LogP contribution in [0.15, 0.2) is 18.3 Å². The van der Waals surface area contributed by atoms with Crippen LogP contribution in [0.1, 0.15) is 30.9 Å². The summed E-state index contributed by atoms with van der Waals surface area (Å²) in [5.41, 5.74) is 6.90. The van der Waals surface area contributed by atoms with Gasteiger partial charge in [-0.1, -0.05) is 6.42 Å². The van der Waals surface area contributed by atoms with Crippen LogP contribution in [0.2, 0.25) is 0 Å². The van der Waals surface area contributed by atoms with Crippen LogP contribution in [-0.4, -0.2) is 11.5 Å². The normalized spacial score (nSPS) is 22.9. The number of nitrogens with one attached hydrogen (secondary N) is 1. The second-order valence-corrected chi connectivity index (χ2v) is 3.52. The molecule has 0 spiro atoms. The van der Waals surface area contributed by atoms with E-state index in [2.05, 4.69) is 10.3 Å². The first-order chi connectivity index (χ1) is 6.36. The third kappa shape index (κ3) is 1.98. The summed E-state index contributed by atoms with van der Waals surface area (Å²) < 4.78 is 0. The summed E-state index contributed by atoms with van der Waals surface area (Å²) >= 11 is 0. The number of nitrogens with two attached hydrogens (primary N) is 1. The third-order valence-corrected chi connectivity index (χ3v) is 2.52. The fourth-order valence-corrected chi connectivity index (χ4v) is 1.82. The standard InChI is InChI=1S/C10H15N3/c11-10-7-8(4-6-13-10)9-3-1-2-5-12-9/h4,6-7,9,12H,1-3,5H2,(H2,11,13)/t9-/m0/s1. The largest absolute Gasteiger partial charge is 0.384 e. The number of piperidine rings is 1. The molecular weight excluding hydrogens is 162 g/mol. The Kier molecular flexibility index (Phi) is 2.45. The van der Waals surface area contributed by atoms with Crippen LogP contribution >= 0.6 is 0 Å². The van der Waals surface area contributed by atoms with E-state index < -0.39 is 0 Å². The van der Waals surface area contributed by atoms with Crippen molar-refractivity contribution in [2.75, 3.05) is 12.3 Å². The average Bonchev–Trinajstić information content (AvgIpc) is 2.19. The quantitative estimate of drug-likeness (QED) is 0.683. The van der Waals surface area contributed by atoms with Crippen molar-refractivity contribution >= 4 is 5.82 Å². The van der Waals surface area contributed by atoms with Gasteiger partial charge >= 0.3 is 0 Å². The van der Waals surface area contributed by atoms with Crippen molar-refractivity contribution in [1.29, 1.82) is 0 Å². The Morgan fingerprint density at radius 2 is 2.38 bits per heavy atom. The second-order valence-electron chi connectivity index (χ2n) is 3.52. The fraction of sp³-hybridized carbons (Fsp3) is 0.500. The highest BCUT2D eigenvalue weighted by Crippen LogP contribution is 2.22.